The van der Waals surface area contributed by atoms with Gasteiger partial charge in [0.2, 0.25) is 11.8 Å². The normalized spacial score (nSPS) is 15.2. The van der Waals surface area contributed by atoms with Gasteiger partial charge in [0, 0.05) is 11.3 Å². The Morgan fingerprint density at radius 1 is 1.30 bits per heavy atom. The number of hydrogen-bond donors (Lipinski definition) is 2. The van der Waals surface area contributed by atoms with Crippen molar-refractivity contribution in [2.45, 2.75) is 19.4 Å². The number of aromatic nitrogens is 2. The van der Waals surface area contributed by atoms with E-state index < -0.39 is 5.92 Å². The van der Waals surface area contributed by atoms with Crippen LogP contribution in [0.25, 0.3) is 0 Å². The summed E-state index contributed by atoms with van der Waals surface area (Å²) in [5.41, 5.74) is 9.74. The van der Waals surface area contributed by atoms with Crippen LogP contribution in [-0.2, 0) is 6.61 Å². The molecule has 4 rings (SSSR count). The molecule has 1 aliphatic rings. The average molecular weight is 467 g/mol. The number of ether oxygens (including phenoxy) is 3. The summed E-state index contributed by atoms with van der Waals surface area (Å²) >= 11 is 3.60. The molecule has 0 saturated heterocycles. The Balaban J connectivity index is 1.76. The smallest absolute Gasteiger partial charge is 0.244 e. The van der Waals surface area contributed by atoms with Gasteiger partial charge in [-0.15, -0.1) is 5.10 Å². The van der Waals surface area contributed by atoms with Crippen LogP contribution in [0.4, 0.5) is 0 Å². The number of nitrogens with two attached hydrogens (primary N) is 1. The van der Waals surface area contributed by atoms with Crippen LogP contribution in [0.15, 0.2) is 58.4 Å². The zero-order valence-corrected chi connectivity index (χ0v) is 18.0. The number of halogens is 1. The minimum Gasteiger partial charge on any atom is -0.493 e. The van der Waals surface area contributed by atoms with Crippen molar-refractivity contribution in [1.82, 2.24) is 10.2 Å². The van der Waals surface area contributed by atoms with E-state index in [0.29, 0.717) is 34.0 Å². The molecule has 1 atom stereocenters. The second-order valence-corrected chi connectivity index (χ2v) is 7.65. The fourth-order valence-electron chi connectivity index (χ4n) is 3.51. The van der Waals surface area contributed by atoms with E-state index in [1.54, 1.807) is 7.11 Å². The summed E-state index contributed by atoms with van der Waals surface area (Å²) in [5.74, 6) is 1.09. The summed E-state index contributed by atoms with van der Waals surface area (Å²) in [7, 11) is 1.58. The lowest BCUT2D eigenvalue weighted by Gasteiger charge is -2.25. The molecule has 8 heteroatoms. The quantitative estimate of drug-likeness (QED) is 0.580. The van der Waals surface area contributed by atoms with Gasteiger partial charge in [0.1, 0.15) is 18.2 Å². The summed E-state index contributed by atoms with van der Waals surface area (Å²) < 4.78 is 17.9. The summed E-state index contributed by atoms with van der Waals surface area (Å²) in [4.78, 5) is 0. The van der Waals surface area contributed by atoms with Gasteiger partial charge in [0.05, 0.1) is 17.5 Å². The second-order valence-electron chi connectivity index (χ2n) is 6.80. The van der Waals surface area contributed by atoms with Crippen LogP contribution in [-0.4, -0.2) is 17.3 Å². The molecule has 0 fully saturated rings. The maximum atomic E-state index is 9.74. The van der Waals surface area contributed by atoms with Crippen LogP contribution >= 0.6 is 15.9 Å². The zero-order chi connectivity index (χ0) is 21.3. The first-order chi connectivity index (χ1) is 14.5. The van der Waals surface area contributed by atoms with E-state index in [1.165, 1.54) is 0 Å². The number of nitriles is 1. The van der Waals surface area contributed by atoms with Crippen LogP contribution in [0.3, 0.4) is 0 Å². The second kappa shape index (κ2) is 8.13. The number of benzene rings is 2. The van der Waals surface area contributed by atoms with Crippen molar-refractivity contribution in [2.24, 2.45) is 5.73 Å². The maximum Gasteiger partial charge on any atom is 0.244 e. The monoisotopic (exact) mass is 466 g/mol. The molecule has 2 aromatic carbocycles. The third kappa shape index (κ3) is 3.48. The van der Waals surface area contributed by atoms with Crippen LogP contribution in [0.5, 0.6) is 17.4 Å². The molecule has 3 N–H and O–H groups in total. The number of hydrogen-bond acceptors (Lipinski definition) is 6. The van der Waals surface area contributed by atoms with E-state index in [2.05, 4.69) is 32.2 Å². The van der Waals surface area contributed by atoms with Crippen molar-refractivity contribution in [3.05, 3.63) is 80.8 Å². The Hall–Kier alpha value is -3.44. The van der Waals surface area contributed by atoms with E-state index in [0.717, 1.165) is 22.4 Å². The molecule has 0 amide bonds. The molecule has 0 radical (unpaired) electrons. The van der Waals surface area contributed by atoms with E-state index in [9.17, 15) is 5.26 Å². The lowest BCUT2D eigenvalue weighted by Crippen LogP contribution is -2.21. The first-order valence-corrected chi connectivity index (χ1v) is 9.99. The maximum absolute atomic E-state index is 9.74. The van der Waals surface area contributed by atoms with Crippen molar-refractivity contribution < 1.29 is 14.2 Å². The standard InChI is InChI=1S/C22H19BrN4O3/c1-12-18-19(15(10-24)21(25)30-22(18)27-26-12)14-8-16(23)20(17(9-14)28-2)29-11-13-6-4-3-5-7-13/h3-9,19H,11,25H2,1-2H3,(H,26,27). The minimum absolute atomic E-state index is 0.0426. The lowest BCUT2D eigenvalue weighted by molar-refractivity contribution is 0.282. The molecule has 152 valence electrons. The van der Waals surface area contributed by atoms with Gasteiger partial charge in [-0.1, -0.05) is 30.3 Å². The predicted molar refractivity (Wildman–Crippen MR) is 114 cm³/mol. The number of aromatic amines is 1. The number of rotatable bonds is 5. The molecule has 1 aliphatic heterocycles. The Morgan fingerprint density at radius 3 is 2.77 bits per heavy atom. The zero-order valence-electron chi connectivity index (χ0n) is 16.4. The van der Waals surface area contributed by atoms with Gasteiger partial charge in [0.25, 0.3) is 0 Å². The van der Waals surface area contributed by atoms with Crippen molar-refractivity contribution in [3.8, 4) is 23.4 Å². The van der Waals surface area contributed by atoms with Crippen LogP contribution in [0, 0.1) is 18.3 Å². The van der Waals surface area contributed by atoms with E-state index >= 15 is 0 Å². The summed E-state index contributed by atoms with van der Waals surface area (Å²) in [6, 6.07) is 15.8. The summed E-state index contributed by atoms with van der Waals surface area (Å²) in [5, 5.41) is 16.8. The fraction of sp³-hybridized carbons (Fsp3) is 0.182. The molecule has 3 aromatic rings. The first kappa shape index (κ1) is 19.9. The van der Waals surface area contributed by atoms with Gasteiger partial charge >= 0.3 is 0 Å². The molecule has 30 heavy (non-hydrogen) atoms. The third-order valence-electron chi connectivity index (χ3n) is 4.94. The highest BCUT2D eigenvalue weighted by Gasteiger charge is 2.35. The largest absolute Gasteiger partial charge is 0.493 e. The van der Waals surface area contributed by atoms with E-state index in [1.807, 2.05) is 49.4 Å². The predicted octanol–water partition coefficient (Wildman–Crippen LogP) is 4.29. The number of aryl methyl sites for hydroxylation is 1. The summed E-state index contributed by atoms with van der Waals surface area (Å²) in [6.07, 6.45) is 0. The number of H-pyrrole nitrogens is 1. The van der Waals surface area contributed by atoms with Gasteiger partial charge in [-0.2, -0.15) is 5.26 Å². The van der Waals surface area contributed by atoms with Crippen LogP contribution in [0.2, 0.25) is 0 Å². The first-order valence-electron chi connectivity index (χ1n) is 9.20. The van der Waals surface area contributed by atoms with Crippen molar-refractivity contribution in [2.75, 3.05) is 7.11 Å². The molecular formula is C22H19BrN4O3. The molecule has 0 bridgehead atoms. The highest BCUT2D eigenvalue weighted by atomic mass is 79.9. The molecule has 1 aromatic heterocycles. The van der Waals surface area contributed by atoms with E-state index in [-0.39, 0.29) is 5.88 Å². The molecular weight excluding hydrogens is 448 g/mol. The highest BCUT2D eigenvalue weighted by molar-refractivity contribution is 9.10. The van der Waals surface area contributed by atoms with Gasteiger partial charge in [-0.25, -0.2) is 0 Å². The Labute approximate surface area is 182 Å². The van der Waals surface area contributed by atoms with Gasteiger partial charge in [-0.05, 0) is 46.1 Å². The van der Waals surface area contributed by atoms with Crippen LogP contribution in [0.1, 0.15) is 28.3 Å². The third-order valence-corrected chi connectivity index (χ3v) is 5.53. The van der Waals surface area contributed by atoms with Gasteiger partial charge in [0.15, 0.2) is 11.5 Å². The highest BCUT2D eigenvalue weighted by Crippen LogP contribution is 2.46. The molecule has 7 nitrogen and oxygen atoms in total. The van der Waals surface area contributed by atoms with Crippen molar-refractivity contribution >= 4 is 15.9 Å². The topological polar surface area (TPSA) is 106 Å². The Kier molecular flexibility index (Phi) is 5.38. The van der Waals surface area contributed by atoms with Crippen molar-refractivity contribution in [3.63, 3.8) is 0 Å². The van der Waals surface area contributed by atoms with Gasteiger partial charge < -0.3 is 19.9 Å². The number of methoxy groups -OCH3 is 1. The average Bonchev–Trinajstić information content (AvgIpc) is 3.12. The molecule has 0 aliphatic carbocycles. The molecule has 1 unspecified atom stereocenters. The minimum atomic E-state index is -0.439. The number of nitrogens with one attached hydrogen (secondary N) is 1. The van der Waals surface area contributed by atoms with E-state index in [4.69, 9.17) is 19.9 Å². The fourth-order valence-corrected chi connectivity index (χ4v) is 4.08. The molecule has 2 heterocycles. The summed E-state index contributed by atoms with van der Waals surface area (Å²) in [6.45, 7) is 2.27. The Morgan fingerprint density at radius 2 is 2.07 bits per heavy atom. The number of nitrogens with zero attached hydrogens (tertiary/aromatic N) is 2. The lowest BCUT2D eigenvalue weighted by atomic mass is 9.84. The van der Waals surface area contributed by atoms with Crippen molar-refractivity contribution in [1.29, 1.82) is 5.26 Å². The van der Waals surface area contributed by atoms with Crippen LogP contribution < -0.4 is 19.9 Å². The number of fused-ring (bicyclic) bond motifs is 1. The molecule has 0 spiro atoms. The Bertz CT molecular complexity index is 1170. The molecule has 0 saturated carbocycles. The SMILES string of the molecule is COc1cc(C2C(C#N)=C(N)Oc3n[nH]c(C)c32)cc(Br)c1OCc1ccccc1. The number of allylic oxidation sites excluding steroid dienone is 1. The van der Waals surface area contributed by atoms with Gasteiger partial charge in [-0.3, -0.25) is 5.10 Å².